The summed E-state index contributed by atoms with van der Waals surface area (Å²) in [6.07, 6.45) is -1.24. The largest absolute Gasteiger partial charge is 0.394 e. The fraction of sp³-hybridized carbons (Fsp3) is 0.615. The third-order valence-corrected chi connectivity index (χ3v) is 2.61. The van der Waals surface area contributed by atoms with Crippen molar-refractivity contribution in [1.82, 2.24) is 4.98 Å². The summed E-state index contributed by atoms with van der Waals surface area (Å²) in [6.45, 7) is -0.684. The predicted octanol–water partition coefficient (Wildman–Crippen LogP) is -1.18. The molecule has 0 aliphatic heterocycles. The van der Waals surface area contributed by atoms with Crippen LogP contribution in [0, 0.1) is 0 Å². The Morgan fingerprint density at radius 3 is 1.55 bits per heavy atom. The van der Waals surface area contributed by atoms with Gasteiger partial charge in [-0.2, -0.15) is 0 Å². The number of aliphatic hydroxyl groups is 4. The zero-order chi connectivity index (χ0) is 14.8. The summed E-state index contributed by atoms with van der Waals surface area (Å²) >= 11 is 0. The maximum absolute atomic E-state index is 8.89. The molecule has 0 saturated heterocycles. The van der Waals surface area contributed by atoms with Crippen molar-refractivity contribution >= 4 is 0 Å². The maximum Gasteiger partial charge on any atom is 0.104 e. The minimum absolute atomic E-state index is 0.170. The lowest BCUT2D eigenvalue weighted by Crippen LogP contribution is -2.22. The average molecular weight is 287 g/mol. The highest BCUT2D eigenvalue weighted by molar-refractivity contribution is 5.10. The standard InChI is InChI=1S/C13H21NO6/c15-4-12(5-16)19-8-10-2-1-3-11(14-10)9-20-13(6-17)7-18/h1-3,12-13,15-18H,4-9H2. The fourth-order valence-corrected chi connectivity index (χ4v) is 1.42. The van der Waals surface area contributed by atoms with E-state index in [0.29, 0.717) is 11.4 Å². The van der Waals surface area contributed by atoms with Crippen LogP contribution < -0.4 is 0 Å². The Kier molecular flexibility index (Phi) is 8.28. The van der Waals surface area contributed by atoms with E-state index in [2.05, 4.69) is 4.98 Å². The van der Waals surface area contributed by atoms with Crippen molar-refractivity contribution in [3.05, 3.63) is 29.6 Å². The molecule has 0 fully saturated rings. The molecule has 20 heavy (non-hydrogen) atoms. The maximum atomic E-state index is 8.89. The van der Waals surface area contributed by atoms with Gasteiger partial charge in [-0.15, -0.1) is 0 Å². The van der Waals surface area contributed by atoms with Crippen molar-refractivity contribution in [2.45, 2.75) is 25.4 Å². The van der Waals surface area contributed by atoms with Gasteiger partial charge in [0.2, 0.25) is 0 Å². The molecule has 7 nitrogen and oxygen atoms in total. The molecule has 0 aromatic carbocycles. The van der Waals surface area contributed by atoms with Gasteiger partial charge < -0.3 is 29.9 Å². The number of ether oxygens (including phenoxy) is 2. The molecule has 0 bridgehead atoms. The minimum atomic E-state index is -0.620. The highest BCUT2D eigenvalue weighted by Gasteiger charge is 2.09. The molecule has 0 spiro atoms. The van der Waals surface area contributed by atoms with Crippen LogP contribution in [0.15, 0.2) is 18.2 Å². The molecule has 0 aliphatic rings. The second-order valence-corrected chi connectivity index (χ2v) is 4.22. The number of aromatic nitrogens is 1. The molecule has 1 aromatic heterocycles. The van der Waals surface area contributed by atoms with E-state index in [1.165, 1.54) is 0 Å². The van der Waals surface area contributed by atoms with Crippen molar-refractivity contribution in [2.75, 3.05) is 26.4 Å². The Morgan fingerprint density at radius 1 is 0.800 bits per heavy atom. The van der Waals surface area contributed by atoms with Gasteiger partial charge in [-0.3, -0.25) is 4.98 Å². The number of pyridine rings is 1. The van der Waals surface area contributed by atoms with E-state index in [-0.39, 0.29) is 39.6 Å². The number of nitrogens with zero attached hydrogens (tertiary/aromatic N) is 1. The van der Waals surface area contributed by atoms with Gasteiger partial charge in [0.1, 0.15) is 12.2 Å². The quantitative estimate of drug-likeness (QED) is 0.428. The van der Waals surface area contributed by atoms with Gasteiger partial charge in [-0.25, -0.2) is 0 Å². The lowest BCUT2D eigenvalue weighted by molar-refractivity contribution is -0.0324. The Hall–Kier alpha value is -1.09. The van der Waals surface area contributed by atoms with Gasteiger partial charge in [0.15, 0.2) is 0 Å². The van der Waals surface area contributed by atoms with E-state index in [9.17, 15) is 0 Å². The zero-order valence-electron chi connectivity index (χ0n) is 11.2. The van der Waals surface area contributed by atoms with Crippen molar-refractivity contribution in [1.29, 1.82) is 0 Å². The van der Waals surface area contributed by atoms with Gasteiger partial charge in [0, 0.05) is 0 Å². The normalized spacial score (nSPS) is 11.5. The summed E-state index contributed by atoms with van der Waals surface area (Å²) in [4.78, 5) is 4.28. The molecule has 0 atom stereocenters. The van der Waals surface area contributed by atoms with Crippen LogP contribution in [0.4, 0.5) is 0 Å². The Morgan fingerprint density at radius 2 is 1.20 bits per heavy atom. The molecule has 0 saturated carbocycles. The summed E-state index contributed by atoms with van der Waals surface area (Å²) in [7, 11) is 0. The summed E-state index contributed by atoms with van der Waals surface area (Å²) in [6, 6.07) is 5.29. The van der Waals surface area contributed by atoms with Gasteiger partial charge in [-0.1, -0.05) is 6.07 Å². The van der Waals surface area contributed by atoms with Crippen LogP contribution in [0.3, 0.4) is 0 Å². The summed E-state index contributed by atoms with van der Waals surface area (Å²) in [5.41, 5.74) is 1.28. The SMILES string of the molecule is OCC(CO)OCc1cccc(COC(CO)CO)n1. The predicted molar refractivity (Wildman–Crippen MR) is 69.7 cm³/mol. The second kappa shape index (κ2) is 9.76. The highest BCUT2D eigenvalue weighted by atomic mass is 16.5. The molecule has 7 heteroatoms. The van der Waals surface area contributed by atoms with Gasteiger partial charge in [-0.05, 0) is 12.1 Å². The second-order valence-electron chi connectivity index (χ2n) is 4.22. The van der Waals surface area contributed by atoms with Crippen molar-refractivity contribution in [2.24, 2.45) is 0 Å². The van der Waals surface area contributed by atoms with Crippen molar-refractivity contribution in [3.8, 4) is 0 Å². The first-order valence-corrected chi connectivity index (χ1v) is 6.34. The highest BCUT2D eigenvalue weighted by Crippen LogP contribution is 2.06. The molecule has 0 unspecified atom stereocenters. The lowest BCUT2D eigenvalue weighted by atomic mass is 10.3. The number of hydrogen-bond donors (Lipinski definition) is 4. The number of aliphatic hydroxyl groups excluding tert-OH is 4. The molecule has 0 radical (unpaired) electrons. The molecular weight excluding hydrogens is 266 g/mol. The number of hydrogen-bond acceptors (Lipinski definition) is 7. The van der Waals surface area contributed by atoms with Gasteiger partial charge >= 0.3 is 0 Å². The number of rotatable bonds is 10. The van der Waals surface area contributed by atoms with E-state index >= 15 is 0 Å². The summed E-state index contributed by atoms with van der Waals surface area (Å²) in [5.74, 6) is 0. The van der Waals surface area contributed by atoms with Crippen LogP contribution in [-0.4, -0.2) is 64.0 Å². The Bertz CT molecular complexity index is 336. The van der Waals surface area contributed by atoms with Crippen LogP contribution in [-0.2, 0) is 22.7 Å². The van der Waals surface area contributed by atoms with E-state index in [4.69, 9.17) is 29.9 Å². The summed E-state index contributed by atoms with van der Waals surface area (Å²) in [5, 5.41) is 35.5. The molecule has 114 valence electrons. The Labute approximate surface area is 117 Å². The monoisotopic (exact) mass is 287 g/mol. The van der Waals surface area contributed by atoms with E-state index in [1.807, 2.05) is 0 Å². The van der Waals surface area contributed by atoms with Crippen molar-refractivity contribution in [3.63, 3.8) is 0 Å². The van der Waals surface area contributed by atoms with Crippen LogP contribution in [0.2, 0.25) is 0 Å². The average Bonchev–Trinajstić information content (AvgIpc) is 2.50. The first kappa shape index (κ1) is 17.0. The molecule has 4 N–H and O–H groups in total. The molecule has 0 aliphatic carbocycles. The fourth-order valence-electron chi connectivity index (χ4n) is 1.42. The topological polar surface area (TPSA) is 112 Å². The lowest BCUT2D eigenvalue weighted by Gasteiger charge is -2.14. The van der Waals surface area contributed by atoms with Crippen LogP contribution in [0.1, 0.15) is 11.4 Å². The van der Waals surface area contributed by atoms with Crippen molar-refractivity contribution < 1.29 is 29.9 Å². The van der Waals surface area contributed by atoms with E-state index in [0.717, 1.165) is 0 Å². The van der Waals surface area contributed by atoms with E-state index < -0.39 is 12.2 Å². The minimum Gasteiger partial charge on any atom is -0.394 e. The first-order valence-electron chi connectivity index (χ1n) is 6.34. The first-order chi connectivity index (χ1) is 9.73. The van der Waals surface area contributed by atoms with Crippen LogP contribution in [0.5, 0.6) is 0 Å². The Balaban J connectivity index is 2.48. The molecular formula is C13H21NO6. The molecule has 1 aromatic rings. The molecule has 0 amide bonds. The summed E-state index contributed by atoms with van der Waals surface area (Å²) < 4.78 is 10.5. The molecule has 1 heterocycles. The smallest absolute Gasteiger partial charge is 0.104 e. The van der Waals surface area contributed by atoms with Gasteiger partial charge in [0.05, 0.1) is 51.0 Å². The third-order valence-electron chi connectivity index (χ3n) is 2.61. The third kappa shape index (κ3) is 5.91. The van der Waals surface area contributed by atoms with Crippen LogP contribution in [0.25, 0.3) is 0 Å². The molecule has 1 rings (SSSR count). The van der Waals surface area contributed by atoms with E-state index in [1.54, 1.807) is 18.2 Å². The zero-order valence-corrected chi connectivity index (χ0v) is 11.2. The van der Waals surface area contributed by atoms with Gasteiger partial charge in [0.25, 0.3) is 0 Å². The van der Waals surface area contributed by atoms with Crippen LogP contribution >= 0.6 is 0 Å².